The number of aryl methyl sites for hydroxylation is 2. The van der Waals surface area contributed by atoms with Crippen molar-refractivity contribution in [3.05, 3.63) is 17.5 Å². The summed E-state index contributed by atoms with van der Waals surface area (Å²) in [5, 5.41) is 14.5. The van der Waals surface area contributed by atoms with Gasteiger partial charge in [0.25, 0.3) is 0 Å². The molecule has 0 radical (unpaired) electrons. The summed E-state index contributed by atoms with van der Waals surface area (Å²) in [5.74, 6) is 0. The molecule has 1 N–H and O–H groups in total. The Morgan fingerprint density at radius 3 is 2.73 bits per heavy atom. The average Bonchev–Trinajstić information content (AvgIpc) is 2.85. The first kappa shape index (κ1) is 10.7. The zero-order valence-electron chi connectivity index (χ0n) is 9.82. The van der Waals surface area contributed by atoms with Crippen LogP contribution in [0.5, 0.6) is 0 Å². The molecule has 0 amide bonds. The summed E-state index contributed by atoms with van der Waals surface area (Å²) in [7, 11) is 1.95. The molecule has 1 aliphatic rings. The predicted octanol–water partition coefficient (Wildman–Crippen LogP) is 1.69. The Morgan fingerprint density at radius 1 is 1.60 bits per heavy atom. The molecule has 0 aromatic carbocycles. The highest BCUT2D eigenvalue weighted by Gasteiger charge is 2.44. The van der Waals surface area contributed by atoms with Gasteiger partial charge in [0.1, 0.15) is 0 Å². The molecular weight excluding hydrogens is 188 g/mol. The molecule has 1 aromatic rings. The van der Waals surface area contributed by atoms with Crippen molar-refractivity contribution in [1.82, 2.24) is 9.78 Å². The van der Waals surface area contributed by atoms with Gasteiger partial charge >= 0.3 is 0 Å². The van der Waals surface area contributed by atoms with E-state index in [-0.39, 0.29) is 11.5 Å². The van der Waals surface area contributed by atoms with Crippen molar-refractivity contribution in [3.8, 4) is 0 Å². The molecule has 1 heterocycles. The molecule has 3 nitrogen and oxygen atoms in total. The summed E-state index contributed by atoms with van der Waals surface area (Å²) in [6, 6.07) is 2.11. The van der Waals surface area contributed by atoms with Gasteiger partial charge in [-0.3, -0.25) is 4.68 Å². The van der Waals surface area contributed by atoms with Crippen LogP contribution in [0.4, 0.5) is 0 Å². The van der Waals surface area contributed by atoms with Crippen LogP contribution in [0.15, 0.2) is 6.07 Å². The van der Waals surface area contributed by atoms with E-state index in [1.807, 2.05) is 11.7 Å². The zero-order valence-corrected chi connectivity index (χ0v) is 9.82. The largest absolute Gasteiger partial charge is 0.392 e. The van der Waals surface area contributed by atoms with Gasteiger partial charge in [-0.15, -0.1) is 0 Å². The zero-order chi connectivity index (χ0) is 11.1. The van der Waals surface area contributed by atoms with Crippen molar-refractivity contribution < 1.29 is 5.11 Å². The topological polar surface area (TPSA) is 38.0 Å². The van der Waals surface area contributed by atoms with Crippen LogP contribution in [0.2, 0.25) is 0 Å². The van der Waals surface area contributed by atoms with Crippen LogP contribution in [-0.4, -0.2) is 21.0 Å². The molecule has 1 aliphatic carbocycles. The van der Waals surface area contributed by atoms with Crippen molar-refractivity contribution in [3.63, 3.8) is 0 Å². The van der Waals surface area contributed by atoms with E-state index in [9.17, 15) is 5.11 Å². The second-order valence-electron chi connectivity index (χ2n) is 4.98. The van der Waals surface area contributed by atoms with Gasteiger partial charge in [-0.2, -0.15) is 5.10 Å². The van der Waals surface area contributed by atoms with E-state index in [4.69, 9.17) is 0 Å². The monoisotopic (exact) mass is 208 g/mol. The van der Waals surface area contributed by atoms with Crippen LogP contribution in [0.1, 0.15) is 38.1 Å². The summed E-state index contributed by atoms with van der Waals surface area (Å²) in [4.78, 5) is 0. The second kappa shape index (κ2) is 3.63. The van der Waals surface area contributed by atoms with Crippen LogP contribution >= 0.6 is 0 Å². The maximum Gasteiger partial charge on any atom is 0.0649 e. The smallest absolute Gasteiger partial charge is 0.0649 e. The highest BCUT2D eigenvalue weighted by molar-refractivity contribution is 5.13. The molecule has 2 rings (SSSR count). The number of nitrogens with zero attached hydrogens (tertiary/aromatic N) is 2. The number of aromatic nitrogens is 2. The summed E-state index contributed by atoms with van der Waals surface area (Å²) >= 11 is 0. The first-order valence-corrected chi connectivity index (χ1v) is 5.75. The van der Waals surface area contributed by atoms with E-state index in [0.29, 0.717) is 0 Å². The number of aliphatic hydroxyl groups is 1. The molecule has 1 unspecified atom stereocenters. The molecule has 0 saturated heterocycles. The average molecular weight is 208 g/mol. The second-order valence-corrected chi connectivity index (χ2v) is 4.98. The lowest BCUT2D eigenvalue weighted by Crippen LogP contribution is -2.22. The Morgan fingerprint density at radius 2 is 2.27 bits per heavy atom. The van der Waals surface area contributed by atoms with E-state index in [0.717, 1.165) is 37.1 Å². The van der Waals surface area contributed by atoms with Crippen LogP contribution in [0.3, 0.4) is 0 Å². The third-order valence-electron chi connectivity index (χ3n) is 3.64. The summed E-state index contributed by atoms with van der Waals surface area (Å²) in [6.45, 7) is 4.26. The minimum absolute atomic E-state index is 0.177. The van der Waals surface area contributed by atoms with E-state index in [1.165, 1.54) is 0 Å². The lowest BCUT2D eigenvalue weighted by Gasteiger charge is -2.17. The van der Waals surface area contributed by atoms with E-state index >= 15 is 0 Å². The van der Waals surface area contributed by atoms with Gasteiger partial charge in [0.2, 0.25) is 0 Å². The highest BCUT2D eigenvalue weighted by atomic mass is 16.3. The van der Waals surface area contributed by atoms with Crippen LogP contribution < -0.4 is 0 Å². The van der Waals surface area contributed by atoms with Gasteiger partial charge in [-0.25, -0.2) is 0 Å². The van der Waals surface area contributed by atoms with Gasteiger partial charge in [-0.05, 0) is 30.7 Å². The van der Waals surface area contributed by atoms with Crippen molar-refractivity contribution in [2.75, 3.05) is 0 Å². The molecule has 0 bridgehead atoms. The number of hydrogen-bond acceptors (Lipinski definition) is 2. The van der Waals surface area contributed by atoms with Gasteiger partial charge in [0, 0.05) is 19.2 Å². The molecule has 84 valence electrons. The van der Waals surface area contributed by atoms with E-state index < -0.39 is 0 Å². The standard InChI is InChI=1S/C12H20N2O/c1-4-9-7-10(14(3)13-9)8-11(15)12(2)5-6-12/h7,11,15H,4-6,8H2,1-3H3. The van der Waals surface area contributed by atoms with Gasteiger partial charge in [0.15, 0.2) is 0 Å². The van der Waals surface area contributed by atoms with Crippen molar-refractivity contribution >= 4 is 0 Å². The normalized spacial score (nSPS) is 20.3. The minimum atomic E-state index is -0.211. The Kier molecular flexibility index (Phi) is 2.59. The number of hydrogen-bond donors (Lipinski definition) is 1. The van der Waals surface area contributed by atoms with Crippen molar-refractivity contribution in [2.24, 2.45) is 12.5 Å². The lowest BCUT2D eigenvalue weighted by atomic mass is 9.97. The molecule has 1 fully saturated rings. The summed E-state index contributed by atoms with van der Waals surface area (Å²) in [6.07, 6.45) is 3.80. The molecule has 1 saturated carbocycles. The van der Waals surface area contributed by atoms with Crippen LogP contribution in [-0.2, 0) is 19.9 Å². The number of rotatable bonds is 4. The van der Waals surface area contributed by atoms with Crippen LogP contribution in [0.25, 0.3) is 0 Å². The Labute approximate surface area is 91.1 Å². The Bertz CT molecular complexity index is 353. The summed E-state index contributed by atoms with van der Waals surface area (Å²) in [5.41, 5.74) is 2.43. The predicted molar refractivity (Wildman–Crippen MR) is 59.6 cm³/mol. The first-order valence-electron chi connectivity index (χ1n) is 5.75. The SMILES string of the molecule is CCc1cc(CC(O)C2(C)CC2)n(C)n1. The van der Waals surface area contributed by atoms with Gasteiger partial charge in [0.05, 0.1) is 11.8 Å². The fourth-order valence-corrected chi connectivity index (χ4v) is 1.91. The van der Waals surface area contributed by atoms with Crippen molar-refractivity contribution in [2.45, 2.75) is 45.6 Å². The third kappa shape index (κ3) is 2.07. The quantitative estimate of drug-likeness (QED) is 0.817. The molecule has 1 aromatic heterocycles. The molecule has 15 heavy (non-hydrogen) atoms. The van der Waals surface area contributed by atoms with E-state index in [2.05, 4.69) is 25.0 Å². The molecule has 0 aliphatic heterocycles. The van der Waals surface area contributed by atoms with Crippen molar-refractivity contribution in [1.29, 1.82) is 0 Å². The minimum Gasteiger partial charge on any atom is -0.392 e. The van der Waals surface area contributed by atoms with Crippen LogP contribution in [0, 0.1) is 5.41 Å². The molecule has 1 atom stereocenters. The molecule has 0 spiro atoms. The Balaban J connectivity index is 2.06. The van der Waals surface area contributed by atoms with E-state index in [1.54, 1.807) is 0 Å². The lowest BCUT2D eigenvalue weighted by molar-refractivity contribution is 0.101. The fourth-order valence-electron chi connectivity index (χ4n) is 1.91. The first-order chi connectivity index (χ1) is 7.05. The number of aliphatic hydroxyl groups excluding tert-OH is 1. The maximum atomic E-state index is 10.1. The third-order valence-corrected chi connectivity index (χ3v) is 3.64. The Hall–Kier alpha value is -0.830. The maximum absolute atomic E-state index is 10.1. The molecular formula is C12H20N2O. The fraction of sp³-hybridized carbons (Fsp3) is 0.750. The van der Waals surface area contributed by atoms with Gasteiger partial charge < -0.3 is 5.11 Å². The van der Waals surface area contributed by atoms with Gasteiger partial charge in [-0.1, -0.05) is 13.8 Å². The summed E-state index contributed by atoms with van der Waals surface area (Å²) < 4.78 is 1.90. The molecule has 3 heteroatoms. The highest BCUT2D eigenvalue weighted by Crippen LogP contribution is 2.48.